The summed E-state index contributed by atoms with van der Waals surface area (Å²) in [7, 11) is 0. The molecule has 1 spiro atoms. The molecule has 3 saturated heterocycles. The van der Waals surface area contributed by atoms with Gasteiger partial charge in [-0.25, -0.2) is 0 Å². The minimum absolute atomic E-state index is 0.0745. The van der Waals surface area contributed by atoms with Crippen molar-refractivity contribution in [1.82, 2.24) is 4.90 Å². The van der Waals surface area contributed by atoms with Crippen LogP contribution in [0.1, 0.15) is 65.7 Å². The van der Waals surface area contributed by atoms with Crippen molar-refractivity contribution in [3.8, 4) is 0 Å². The summed E-state index contributed by atoms with van der Waals surface area (Å²) in [5, 5.41) is 69.9. The third-order valence-electron chi connectivity index (χ3n) is 12.8. The van der Waals surface area contributed by atoms with Gasteiger partial charge >= 0.3 is 0 Å². The van der Waals surface area contributed by atoms with Crippen LogP contribution in [0.3, 0.4) is 0 Å². The van der Waals surface area contributed by atoms with Crippen LogP contribution in [0, 0.1) is 40.9 Å². The second-order valence-corrected chi connectivity index (χ2v) is 14.1. The molecular weight excluding hydrogens is 450 g/mol. The van der Waals surface area contributed by atoms with Crippen LogP contribution in [0.4, 0.5) is 0 Å². The van der Waals surface area contributed by atoms with Crippen LogP contribution in [0.5, 0.6) is 0 Å². The van der Waals surface area contributed by atoms with Gasteiger partial charge in [0.25, 0.3) is 0 Å². The first-order valence-electron chi connectivity index (χ1n) is 14.0. The van der Waals surface area contributed by atoms with Gasteiger partial charge in [0.1, 0.15) is 17.8 Å². The molecule has 8 nitrogen and oxygen atoms in total. The van der Waals surface area contributed by atoms with Crippen molar-refractivity contribution in [2.24, 2.45) is 40.9 Å². The highest BCUT2D eigenvalue weighted by atomic mass is 16.7. The van der Waals surface area contributed by atoms with Gasteiger partial charge in [0.15, 0.2) is 5.79 Å². The SMILES string of the molecule is C[C@H]1CC[C@@H]2N(CC3[C@H]([C@@H](O)[C@H](O)[C@@]4(O)C5CCC6[C@]7(C)CC[C@H](O)[C@]6(O)O[C@]57C[C@@H]34)[C@]2(C)O)C1. The highest BCUT2D eigenvalue weighted by molar-refractivity contribution is 5.31. The fraction of sp³-hybridized carbons (Fsp3) is 1.00. The maximum Gasteiger partial charge on any atom is 0.196 e. The Morgan fingerprint density at radius 3 is 2.34 bits per heavy atom. The van der Waals surface area contributed by atoms with Crippen molar-refractivity contribution in [2.75, 3.05) is 13.1 Å². The van der Waals surface area contributed by atoms with Crippen molar-refractivity contribution in [2.45, 2.75) is 113 Å². The molecular formula is C27H43NO7. The Morgan fingerprint density at radius 1 is 0.886 bits per heavy atom. The van der Waals surface area contributed by atoms with Crippen molar-refractivity contribution in [3.63, 3.8) is 0 Å². The summed E-state index contributed by atoms with van der Waals surface area (Å²) in [6, 6.07) is -0.0745. The zero-order valence-electron chi connectivity index (χ0n) is 21.2. The van der Waals surface area contributed by atoms with E-state index < -0.39 is 58.2 Å². The van der Waals surface area contributed by atoms with Crippen LogP contribution in [-0.4, -0.2) is 95.6 Å². The van der Waals surface area contributed by atoms with Crippen LogP contribution in [0.15, 0.2) is 0 Å². The van der Waals surface area contributed by atoms with Crippen LogP contribution in [0.2, 0.25) is 0 Å². The molecule has 4 bridgehead atoms. The molecule has 0 amide bonds. The molecule has 198 valence electrons. The average Bonchev–Trinajstić information content (AvgIpc) is 3.04. The monoisotopic (exact) mass is 493 g/mol. The fourth-order valence-electron chi connectivity index (χ4n) is 11.4. The standard InChI is InChI=1S/C27H43NO7/c1-13-4-7-18-24(3,32)20-14(12-28(18)11-13)15-10-25-17(26(15,33)22(31)21(20)30)6-5-16-23(25,2)9-8-19(29)27(16,34)35-25/h13-22,29-34H,4-12H2,1-3H3/t13-,14?,15-,16?,17?,18-,19-,20+,21+,22-,23-,24+,25+,26-,27+/m0/s1. The molecule has 3 heterocycles. The van der Waals surface area contributed by atoms with Gasteiger partial charge in [0.2, 0.25) is 0 Å². The Kier molecular flexibility index (Phi) is 4.62. The smallest absolute Gasteiger partial charge is 0.196 e. The van der Waals surface area contributed by atoms with Gasteiger partial charge in [-0.1, -0.05) is 13.8 Å². The normalized spacial score (nSPS) is 67.5. The van der Waals surface area contributed by atoms with Gasteiger partial charge in [-0.2, -0.15) is 0 Å². The lowest BCUT2D eigenvalue weighted by atomic mass is 9.49. The van der Waals surface area contributed by atoms with Crippen molar-refractivity contribution in [1.29, 1.82) is 0 Å². The summed E-state index contributed by atoms with van der Waals surface area (Å²) >= 11 is 0. The molecule has 4 saturated carbocycles. The number of ether oxygens (including phenoxy) is 1. The number of fused-ring (bicyclic) bond motifs is 5. The number of hydrogen-bond acceptors (Lipinski definition) is 8. The average molecular weight is 494 g/mol. The fourth-order valence-corrected chi connectivity index (χ4v) is 11.4. The summed E-state index contributed by atoms with van der Waals surface area (Å²) in [6.45, 7) is 7.73. The summed E-state index contributed by atoms with van der Waals surface area (Å²) < 4.78 is 6.60. The molecule has 7 rings (SSSR count). The minimum atomic E-state index is -1.64. The number of piperidine rings is 2. The van der Waals surface area contributed by atoms with Crippen molar-refractivity contribution >= 4 is 0 Å². The molecule has 7 fully saturated rings. The van der Waals surface area contributed by atoms with E-state index in [9.17, 15) is 30.6 Å². The van der Waals surface area contributed by atoms with Gasteiger partial charge < -0.3 is 35.4 Å². The van der Waals surface area contributed by atoms with Crippen LogP contribution in [-0.2, 0) is 4.74 Å². The van der Waals surface area contributed by atoms with E-state index in [0.29, 0.717) is 44.6 Å². The molecule has 3 unspecified atom stereocenters. The van der Waals surface area contributed by atoms with E-state index in [4.69, 9.17) is 4.74 Å². The first-order valence-corrected chi connectivity index (χ1v) is 14.0. The third-order valence-corrected chi connectivity index (χ3v) is 12.8. The molecule has 8 heteroatoms. The lowest BCUT2D eigenvalue weighted by molar-refractivity contribution is -0.290. The van der Waals surface area contributed by atoms with Crippen molar-refractivity contribution in [3.05, 3.63) is 0 Å². The molecule has 3 aliphatic heterocycles. The van der Waals surface area contributed by atoms with E-state index in [1.807, 2.05) is 6.92 Å². The van der Waals surface area contributed by atoms with Gasteiger partial charge in [0, 0.05) is 42.3 Å². The number of rotatable bonds is 0. The van der Waals surface area contributed by atoms with E-state index >= 15 is 0 Å². The number of aliphatic hydroxyl groups excluding tert-OH is 3. The molecule has 0 aromatic heterocycles. The molecule has 6 N–H and O–H groups in total. The number of hydrogen-bond donors (Lipinski definition) is 6. The highest BCUT2D eigenvalue weighted by Gasteiger charge is 2.84. The lowest BCUT2D eigenvalue weighted by Crippen LogP contribution is -2.76. The lowest BCUT2D eigenvalue weighted by Gasteiger charge is -2.63. The third kappa shape index (κ3) is 2.44. The predicted molar refractivity (Wildman–Crippen MR) is 125 cm³/mol. The second kappa shape index (κ2) is 6.81. The molecule has 7 aliphatic rings. The van der Waals surface area contributed by atoms with E-state index in [2.05, 4.69) is 18.7 Å². The topological polar surface area (TPSA) is 134 Å². The number of aliphatic hydroxyl groups is 6. The molecule has 4 aliphatic carbocycles. The summed E-state index contributed by atoms with van der Waals surface area (Å²) in [5.41, 5.74) is -4.08. The Morgan fingerprint density at radius 2 is 1.60 bits per heavy atom. The van der Waals surface area contributed by atoms with Gasteiger partial charge in [-0.05, 0) is 69.6 Å². The first-order chi connectivity index (χ1) is 16.3. The van der Waals surface area contributed by atoms with E-state index in [-0.39, 0.29) is 23.8 Å². The zero-order valence-corrected chi connectivity index (χ0v) is 21.2. The summed E-state index contributed by atoms with van der Waals surface area (Å²) in [4.78, 5) is 2.36. The molecule has 35 heavy (non-hydrogen) atoms. The number of nitrogens with zero attached hydrogens (tertiary/aromatic N) is 1. The molecule has 0 radical (unpaired) electrons. The molecule has 15 atom stereocenters. The van der Waals surface area contributed by atoms with Crippen molar-refractivity contribution < 1.29 is 35.4 Å². The maximum atomic E-state index is 12.5. The highest BCUT2D eigenvalue weighted by Crippen LogP contribution is 2.76. The Labute approximate surface area is 207 Å². The second-order valence-electron chi connectivity index (χ2n) is 14.1. The summed E-state index contributed by atoms with van der Waals surface area (Å²) in [5.74, 6) is -2.93. The van der Waals surface area contributed by atoms with Crippen LogP contribution >= 0.6 is 0 Å². The molecule has 0 aromatic rings. The predicted octanol–water partition coefficient (Wildman–Crippen LogP) is 0.215. The minimum Gasteiger partial charge on any atom is -0.390 e. The van der Waals surface area contributed by atoms with Crippen LogP contribution < -0.4 is 0 Å². The Hall–Kier alpha value is -0.320. The summed E-state index contributed by atoms with van der Waals surface area (Å²) in [6.07, 6.45) is 1.05. The van der Waals surface area contributed by atoms with Gasteiger partial charge in [0.05, 0.1) is 17.3 Å². The Bertz CT molecular complexity index is 931. The van der Waals surface area contributed by atoms with Gasteiger partial charge in [-0.15, -0.1) is 0 Å². The quantitative estimate of drug-likeness (QED) is 0.282. The van der Waals surface area contributed by atoms with E-state index in [1.165, 1.54) is 0 Å². The van der Waals surface area contributed by atoms with Gasteiger partial charge in [-0.3, -0.25) is 4.90 Å². The zero-order chi connectivity index (χ0) is 24.9. The largest absolute Gasteiger partial charge is 0.390 e. The Balaban J connectivity index is 1.35. The maximum absolute atomic E-state index is 12.5. The van der Waals surface area contributed by atoms with E-state index in [1.54, 1.807) is 0 Å². The van der Waals surface area contributed by atoms with E-state index in [0.717, 1.165) is 19.4 Å². The van der Waals surface area contributed by atoms with Crippen LogP contribution in [0.25, 0.3) is 0 Å². The first kappa shape index (κ1) is 23.8. The molecule has 0 aromatic carbocycles.